The number of amides is 1. The normalized spacial score (nSPS) is 12.9. The average Bonchev–Trinajstić information content (AvgIpc) is 2.85. The lowest BCUT2D eigenvalue weighted by Crippen LogP contribution is -2.24. The van der Waals surface area contributed by atoms with Crippen molar-refractivity contribution in [1.29, 1.82) is 0 Å². The third-order valence-electron chi connectivity index (χ3n) is 6.15. The van der Waals surface area contributed by atoms with Crippen molar-refractivity contribution in [2.24, 2.45) is 16.5 Å². The number of methoxy groups -OCH3 is 1. The molecule has 0 aliphatic heterocycles. The lowest BCUT2D eigenvalue weighted by Gasteiger charge is -2.15. The molecule has 222 valence electrons. The Labute approximate surface area is 233 Å². The van der Waals surface area contributed by atoms with Crippen LogP contribution in [0.1, 0.15) is 84.2 Å². The van der Waals surface area contributed by atoms with E-state index in [1.807, 2.05) is 13.8 Å². The summed E-state index contributed by atoms with van der Waals surface area (Å²) >= 11 is 0. The van der Waals surface area contributed by atoms with Crippen molar-refractivity contribution in [2.75, 3.05) is 19.6 Å². The van der Waals surface area contributed by atoms with Crippen molar-refractivity contribution in [2.45, 2.75) is 62.2 Å². The van der Waals surface area contributed by atoms with Crippen molar-refractivity contribution >= 4 is 37.5 Å². The lowest BCUT2D eigenvalue weighted by atomic mass is 9.97. The first-order valence-electron chi connectivity index (χ1n) is 12.1. The Hall–Kier alpha value is -3.39. The number of hydrogen-bond acceptors (Lipinski definition) is 7. The van der Waals surface area contributed by atoms with Gasteiger partial charge in [-0.15, -0.1) is 0 Å². The number of rotatable bonds is 8. The number of nitrogens with two attached hydrogens (primary N) is 2. The minimum Gasteiger partial charge on any atom is -0.465 e. The molecule has 0 aliphatic rings. The topological polar surface area (TPSA) is 176 Å². The van der Waals surface area contributed by atoms with E-state index in [-0.39, 0.29) is 27.2 Å². The van der Waals surface area contributed by atoms with Crippen LogP contribution in [0.2, 0.25) is 0 Å². The van der Waals surface area contributed by atoms with Gasteiger partial charge in [0.15, 0.2) is 25.6 Å². The lowest BCUT2D eigenvalue weighted by molar-refractivity contribution is 0.0595. The molecule has 10 nitrogen and oxygen atoms in total. The van der Waals surface area contributed by atoms with E-state index in [1.165, 1.54) is 0 Å². The van der Waals surface area contributed by atoms with Gasteiger partial charge in [-0.2, -0.15) is 4.99 Å². The van der Waals surface area contributed by atoms with Gasteiger partial charge in [-0.1, -0.05) is 27.7 Å². The molecule has 2 unspecified atom stereocenters. The smallest absolute Gasteiger partial charge is 0.340 e. The van der Waals surface area contributed by atoms with Gasteiger partial charge < -0.3 is 16.2 Å². The molecule has 0 radical (unpaired) electrons. The van der Waals surface area contributed by atoms with E-state index in [0.717, 1.165) is 43.9 Å². The molecular weight excluding hydrogens is 568 g/mol. The predicted molar refractivity (Wildman–Crippen MR) is 148 cm³/mol. The van der Waals surface area contributed by atoms with Gasteiger partial charge >= 0.3 is 5.97 Å². The first-order chi connectivity index (χ1) is 18.3. The summed E-state index contributed by atoms with van der Waals surface area (Å²) in [5.74, 6) is -4.35. The van der Waals surface area contributed by atoms with Crippen LogP contribution in [0.3, 0.4) is 0 Å². The number of hydrogen-bond donors (Lipinski definition) is 2. The Balaban J connectivity index is 0.000000402. The number of guanidine groups is 1. The zero-order valence-electron chi connectivity index (χ0n) is 23.4. The van der Waals surface area contributed by atoms with Crippen LogP contribution in [0.5, 0.6) is 0 Å². The Morgan fingerprint density at radius 3 is 1.52 bits per heavy atom. The van der Waals surface area contributed by atoms with E-state index in [4.69, 9.17) is 11.5 Å². The number of nitrogens with zero attached hydrogens (tertiary/aromatic N) is 1. The van der Waals surface area contributed by atoms with Crippen LogP contribution in [0.25, 0.3) is 0 Å². The number of aliphatic imine (C=N–C) groups is 1. The summed E-state index contributed by atoms with van der Waals surface area (Å²) in [5, 5.41) is 0. The summed E-state index contributed by atoms with van der Waals surface area (Å²) in [6.07, 6.45) is 3.33. The molecule has 14 heteroatoms. The molecule has 0 aromatic heterocycles. The molecule has 0 spiro atoms. The highest BCUT2D eigenvalue weighted by atomic mass is 32.2. The van der Waals surface area contributed by atoms with Crippen LogP contribution in [0.4, 0.5) is 8.78 Å². The quantitative estimate of drug-likeness (QED) is 0.197. The highest BCUT2D eigenvalue weighted by Crippen LogP contribution is 2.30. The average molecular weight is 604 g/mol. The van der Waals surface area contributed by atoms with Gasteiger partial charge in [0, 0.05) is 12.5 Å². The second kappa shape index (κ2) is 13.8. The van der Waals surface area contributed by atoms with Gasteiger partial charge in [0.1, 0.15) is 11.6 Å². The summed E-state index contributed by atoms with van der Waals surface area (Å²) in [4.78, 5) is 26.2. The van der Waals surface area contributed by atoms with Crippen LogP contribution in [0.15, 0.2) is 39.0 Å². The summed E-state index contributed by atoms with van der Waals surface area (Å²) in [5.41, 5.74) is 10.0. The van der Waals surface area contributed by atoms with Crippen molar-refractivity contribution in [3.8, 4) is 0 Å². The highest BCUT2D eigenvalue weighted by molar-refractivity contribution is 7.91. The maximum Gasteiger partial charge on any atom is 0.340 e. The Kier molecular flexibility index (Phi) is 11.9. The molecule has 0 saturated heterocycles. The van der Waals surface area contributed by atoms with Crippen molar-refractivity contribution in [1.82, 2.24) is 0 Å². The van der Waals surface area contributed by atoms with E-state index >= 15 is 0 Å². The largest absolute Gasteiger partial charge is 0.465 e. The number of sulfone groups is 2. The summed E-state index contributed by atoms with van der Waals surface area (Å²) in [7, 11) is -6.05. The standard InChI is InChI=1S/C13H18FN3O3S.C13H17FO4S/c1-4-7(2)8-5-10(14)9(12(18)17-13(15)16)6-11(8)21(3,19)20;1-5-8(2)9-6-11(14)10(13(15)18-3)7-12(9)19(4,16)17/h5-7H,4H2,1-3H3,(H4,15,16,17,18);6-8H,5H2,1-4H3. The van der Waals surface area contributed by atoms with Crippen LogP contribution < -0.4 is 11.5 Å². The van der Waals surface area contributed by atoms with Gasteiger partial charge in [-0.25, -0.2) is 30.4 Å². The number of ether oxygens (including phenoxy) is 1. The molecule has 0 aliphatic carbocycles. The number of carbonyl (C=O) groups excluding carboxylic acids is 2. The number of esters is 1. The summed E-state index contributed by atoms with van der Waals surface area (Å²) in [6, 6.07) is 4.20. The van der Waals surface area contributed by atoms with E-state index in [1.54, 1.807) is 13.8 Å². The molecule has 1 amide bonds. The fraction of sp³-hybridized carbons (Fsp3) is 0.423. The molecule has 0 fully saturated rings. The van der Waals surface area contributed by atoms with Gasteiger partial charge in [0.05, 0.1) is 28.0 Å². The maximum absolute atomic E-state index is 14.0. The SMILES string of the molecule is CCC(C)c1cc(F)c(C(=O)N=C(N)N)cc1S(C)(=O)=O.CCC(C)c1cc(F)c(C(=O)OC)cc1S(C)(=O)=O. The van der Waals surface area contributed by atoms with Crippen LogP contribution in [0, 0.1) is 11.6 Å². The second-order valence-corrected chi connectivity index (χ2v) is 13.2. The highest BCUT2D eigenvalue weighted by Gasteiger charge is 2.24. The number of halogens is 2. The van der Waals surface area contributed by atoms with E-state index in [0.29, 0.717) is 24.0 Å². The molecule has 2 rings (SSSR count). The fourth-order valence-electron chi connectivity index (χ4n) is 3.60. The predicted octanol–water partition coefficient (Wildman–Crippen LogP) is 3.69. The van der Waals surface area contributed by atoms with Gasteiger partial charge in [0.25, 0.3) is 5.91 Å². The zero-order chi connectivity index (χ0) is 31.2. The van der Waals surface area contributed by atoms with Crippen LogP contribution in [-0.2, 0) is 24.4 Å². The Bertz CT molecular complexity index is 1520. The maximum atomic E-state index is 14.0. The molecule has 2 aromatic rings. The minimum atomic E-state index is -3.62. The molecular formula is C26H35F2N3O7S2. The van der Waals surface area contributed by atoms with Gasteiger partial charge in [-0.05, 0) is 60.1 Å². The summed E-state index contributed by atoms with van der Waals surface area (Å²) < 4.78 is 79.6. The van der Waals surface area contributed by atoms with E-state index in [2.05, 4.69) is 9.73 Å². The second-order valence-electron chi connectivity index (χ2n) is 9.24. The Morgan fingerprint density at radius 2 is 1.20 bits per heavy atom. The van der Waals surface area contributed by atoms with Gasteiger partial charge in [0.2, 0.25) is 0 Å². The van der Waals surface area contributed by atoms with Crippen molar-refractivity contribution in [3.05, 3.63) is 58.2 Å². The third kappa shape index (κ3) is 8.81. The molecule has 0 bridgehead atoms. The molecule has 4 N–H and O–H groups in total. The molecule has 0 saturated carbocycles. The van der Waals surface area contributed by atoms with Crippen LogP contribution in [-0.4, -0.2) is 54.3 Å². The van der Waals surface area contributed by atoms with Gasteiger partial charge in [-0.3, -0.25) is 4.79 Å². The molecule has 40 heavy (non-hydrogen) atoms. The number of carbonyl (C=O) groups is 2. The third-order valence-corrected chi connectivity index (χ3v) is 8.46. The monoisotopic (exact) mass is 603 g/mol. The zero-order valence-corrected chi connectivity index (χ0v) is 25.0. The van der Waals surface area contributed by atoms with E-state index < -0.39 is 54.7 Å². The van der Waals surface area contributed by atoms with Crippen molar-refractivity contribution in [3.63, 3.8) is 0 Å². The fourth-order valence-corrected chi connectivity index (χ4v) is 5.64. The molecule has 2 atom stereocenters. The first kappa shape index (κ1) is 34.6. The van der Waals surface area contributed by atoms with Crippen LogP contribution >= 0.6 is 0 Å². The van der Waals surface area contributed by atoms with E-state index in [9.17, 15) is 35.2 Å². The first-order valence-corrected chi connectivity index (χ1v) is 15.9. The number of benzene rings is 2. The molecule has 2 aromatic carbocycles. The Morgan fingerprint density at radius 1 is 0.825 bits per heavy atom. The summed E-state index contributed by atoms with van der Waals surface area (Å²) in [6.45, 7) is 7.32. The molecule has 0 heterocycles. The minimum absolute atomic E-state index is 0.0244. The van der Waals surface area contributed by atoms with Crippen molar-refractivity contribution < 1.29 is 39.9 Å².